The summed E-state index contributed by atoms with van der Waals surface area (Å²) in [6.45, 7) is 2.90. The van der Waals surface area contributed by atoms with E-state index in [1.807, 2.05) is 0 Å². The Morgan fingerprint density at radius 2 is 1.93 bits per heavy atom. The second-order valence-corrected chi connectivity index (χ2v) is 4.21. The molecular weight excluding hydrogens is 188 g/mol. The first-order valence-corrected chi connectivity index (χ1v) is 5.67. The minimum atomic E-state index is -0.331. The quantitative estimate of drug-likeness (QED) is 0.747. The Labute approximate surface area is 90.9 Å². The summed E-state index contributed by atoms with van der Waals surface area (Å²) in [5.41, 5.74) is 2.57. The van der Waals surface area contributed by atoms with E-state index in [0.717, 1.165) is 13.0 Å². The smallest absolute Gasteiger partial charge is 0.107 e. The fourth-order valence-electron chi connectivity index (χ4n) is 1.78. The lowest BCUT2D eigenvalue weighted by atomic mass is 10.0. The number of rotatable bonds is 5. The molecule has 1 aliphatic rings. The zero-order valence-corrected chi connectivity index (χ0v) is 9.15. The molecule has 82 valence electrons. The zero-order valence-electron chi connectivity index (χ0n) is 9.15. The fourth-order valence-corrected chi connectivity index (χ4v) is 1.78. The molecule has 1 aliphatic heterocycles. The molecule has 2 nitrogen and oxygen atoms in total. The molecule has 1 saturated heterocycles. The van der Waals surface area contributed by atoms with Crippen molar-refractivity contribution in [2.24, 2.45) is 0 Å². The lowest BCUT2D eigenvalue weighted by Crippen LogP contribution is -2.17. The molecule has 1 aromatic rings. The Hall–Kier alpha value is -0.860. The van der Waals surface area contributed by atoms with Gasteiger partial charge in [-0.1, -0.05) is 37.6 Å². The van der Waals surface area contributed by atoms with Crippen LogP contribution >= 0.6 is 0 Å². The van der Waals surface area contributed by atoms with E-state index >= 15 is 0 Å². The van der Waals surface area contributed by atoms with E-state index in [-0.39, 0.29) is 12.2 Å². The van der Waals surface area contributed by atoms with Crippen molar-refractivity contribution in [3.63, 3.8) is 0 Å². The van der Waals surface area contributed by atoms with Gasteiger partial charge in [0.2, 0.25) is 0 Å². The summed E-state index contributed by atoms with van der Waals surface area (Å²) in [7, 11) is 0. The Morgan fingerprint density at radius 1 is 1.33 bits per heavy atom. The molecule has 15 heavy (non-hydrogen) atoms. The Balaban J connectivity index is 1.91. The van der Waals surface area contributed by atoms with E-state index in [0.29, 0.717) is 6.42 Å². The van der Waals surface area contributed by atoms with Crippen LogP contribution < -0.4 is 0 Å². The van der Waals surface area contributed by atoms with Crippen LogP contribution in [-0.2, 0) is 17.6 Å². The van der Waals surface area contributed by atoms with E-state index < -0.39 is 0 Å². The van der Waals surface area contributed by atoms with Crippen molar-refractivity contribution in [1.82, 2.24) is 0 Å². The Kier molecular flexibility index (Phi) is 3.39. The summed E-state index contributed by atoms with van der Waals surface area (Å²) in [6.07, 6.45) is 2.77. The van der Waals surface area contributed by atoms with Crippen LogP contribution in [0.2, 0.25) is 0 Å². The normalized spacial score (nSPS) is 21.3. The molecule has 2 heteroatoms. The zero-order chi connectivity index (χ0) is 10.7. The fraction of sp³-hybridized carbons (Fsp3) is 0.538. The minimum absolute atomic E-state index is 0.0836. The van der Waals surface area contributed by atoms with Gasteiger partial charge in [0.25, 0.3) is 0 Å². The summed E-state index contributed by atoms with van der Waals surface area (Å²) < 4.78 is 5.05. The summed E-state index contributed by atoms with van der Waals surface area (Å²) in [5, 5.41) is 9.69. The highest BCUT2D eigenvalue weighted by atomic mass is 16.6. The third-order valence-corrected chi connectivity index (χ3v) is 2.79. The van der Waals surface area contributed by atoms with Crippen LogP contribution in [0.15, 0.2) is 24.3 Å². The lowest BCUT2D eigenvalue weighted by Gasteiger charge is -2.07. The predicted octanol–water partition coefficient (Wildman–Crippen LogP) is 1.94. The molecular formula is C13H18O2. The first-order chi connectivity index (χ1) is 7.29. The molecule has 0 saturated carbocycles. The van der Waals surface area contributed by atoms with E-state index in [9.17, 15) is 5.11 Å². The summed E-state index contributed by atoms with van der Waals surface area (Å²) in [5.74, 6) is 0. The highest BCUT2D eigenvalue weighted by Crippen LogP contribution is 2.18. The lowest BCUT2D eigenvalue weighted by molar-refractivity contribution is 0.135. The average Bonchev–Trinajstić information content (AvgIpc) is 3.04. The average molecular weight is 206 g/mol. The van der Waals surface area contributed by atoms with Crippen LogP contribution in [0.4, 0.5) is 0 Å². The third kappa shape index (κ3) is 3.05. The maximum atomic E-state index is 9.69. The van der Waals surface area contributed by atoms with Crippen molar-refractivity contribution in [2.45, 2.75) is 38.4 Å². The molecule has 0 bridgehead atoms. The first-order valence-electron chi connectivity index (χ1n) is 5.67. The van der Waals surface area contributed by atoms with Crippen LogP contribution in [-0.4, -0.2) is 23.9 Å². The second kappa shape index (κ2) is 4.77. The third-order valence-electron chi connectivity index (χ3n) is 2.79. The van der Waals surface area contributed by atoms with Gasteiger partial charge in [-0.3, -0.25) is 0 Å². The van der Waals surface area contributed by atoms with Gasteiger partial charge in [-0.25, -0.2) is 0 Å². The molecule has 1 fully saturated rings. The van der Waals surface area contributed by atoms with Gasteiger partial charge in [0.15, 0.2) is 0 Å². The molecule has 0 amide bonds. The number of aliphatic hydroxyl groups excluding tert-OH is 1. The summed E-state index contributed by atoms with van der Waals surface area (Å²) in [6, 6.07) is 8.52. The molecule has 1 aromatic carbocycles. The van der Waals surface area contributed by atoms with Gasteiger partial charge in [-0.05, 0) is 17.5 Å². The van der Waals surface area contributed by atoms with E-state index in [4.69, 9.17) is 4.74 Å². The Morgan fingerprint density at radius 3 is 2.47 bits per heavy atom. The molecule has 0 aromatic heterocycles. The monoisotopic (exact) mass is 206 g/mol. The number of hydrogen-bond donors (Lipinski definition) is 1. The van der Waals surface area contributed by atoms with Crippen molar-refractivity contribution in [3.05, 3.63) is 35.4 Å². The van der Waals surface area contributed by atoms with Gasteiger partial charge in [-0.2, -0.15) is 0 Å². The van der Waals surface area contributed by atoms with Crippen LogP contribution in [0.25, 0.3) is 0 Å². The number of epoxide rings is 1. The maximum absolute atomic E-state index is 9.69. The van der Waals surface area contributed by atoms with Crippen LogP contribution in [0.1, 0.15) is 24.5 Å². The minimum Gasteiger partial charge on any atom is -0.390 e. The second-order valence-electron chi connectivity index (χ2n) is 4.21. The molecule has 2 unspecified atom stereocenters. The molecule has 1 heterocycles. The predicted molar refractivity (Wildman–Crippen MR) is 59.9 cm³/mol. The number of aliphatic hydroxyl groups is 1. The molecule has 2 atom stereocenters. The SMILES string of the molecule is CCCc1ccc(CC(O)C2CO2)cc1. The molecule has 2 rings (SSSR count). The van der Waals surface area contributed by atoms with Gasteiger partial charge >= 0.3 is 0 Å². The van der Waals surface area contributed by atoms with Gasteiger partial charge in [0.05, 0.1) is 12.7 Å². The van der Waals surface area contributed by atoms with E-state index in [2.05, 4.69) is 31.2 Å². The summed E-state index contributed by atoms with van der Waals surface area (Å²) >= 11 is 0. The standard InChI is InChI=1S/C13H18O2/c1-2-3-10-4-6-11(7-5-10)8-12(14)13-9-15-13/h4-7,12-14H,2-3,8-9H2,1H3. The Bertz CT molecular complexity index is 301. The number of aryl methyl sites for hydroxylation is 1. The largest absolute Gasteiger partial charge is 0.390 e. The van der Waals surface area contributed by atoms with Crippen LogP contribution in [0, 0.1) is 0 Å². The number of ether oxygens (including phenoxy) is 1. The van der Waals surface area contributed by atoms with Crippen LogP contribution in [0.5, 0.6) is 0 Å². The van der Waals surface area contributed by atoms with Crippen molar-refractivity contribution in [2.75, 3.05) is 6.61 Å². The number of benzene rings is 1. The summed E-state index contributed by atoms with van der Waals surface area (Å²) in [4.78, 5) is 0. The highest BCUT2D eigenvalue weighted by Gasteiger charge is 2.30. The first kappa shape index (κ1) is 10.7. The molecule has 1 N–H and O–H groups in total. The topological polar surface area (TPSA) is 32.8 Å². The molecule has 0 aliphatic carbocycles. The van der Waals surface area contributed by atoms with E-state index in [1.54, 1.807) is 0 Å². The number of hydrogen-bond acceptors (Lipinski definition) is 2. The molecule has 0 spiro atoms. The maximum Gasteiger partial charge on any atom is 0.107 e. The van der Waals surface area contributed by atoms with Crippen molar-refractivity contribution in [3.8, 4) is 0 Å². The van der Waals surface area contributed by atoms with Crippen molar-refractivity contribution < 1.29 is 9.84 Å². The van der Waals surface area contributed by atoms with Crippen molar-refractivity contribution >= 4 is 0 Å². The van der Waals surface area contributed by atoms with Gasteiger partial charge < -0.3 is 9.84 Å². The van der Waals surface area contributed by atoms with Gasteiger partial charge in [-0.15, -0.1) is 0 Å². The van der Waals surface area contributed by atoms with Gasteiger partial charge in [0, 0.05) is 6.42 Å². The van der Waals surface area contributed by atoms with Crippen LogP contribution in [0.3, 0.4) is 0 Å². The van der Waals surface area contributed by atoms with Crippen molar-refractivity contribution in [1.29, 1.82) is 0 Å². The molecule has 0 radical (unpaired) electrons. The highest BCUT2D eigenvalue weighted by molar-refractivity contribution is 5.23. The van der Waals surface area contributed by atoms with Gasteiger partial charge in [0.1, 0.15) is 6.10 Å². The van der Waals surface area contributed by atoms with E-state index in [1.165, 1.54) is 17.5 Å².